The van der Waals surface area contributed by atoms with Crippen LogP contribution in [-0.2, 0) is 9.59 Å². The summed E-state index contributed by atoms with van der Waals surface area (Å²) in [6, 6.07) is 0.0158. The summed E-state index contributed by atoms with van der Waals surface area (Å²) in [5.41, 5.74) is 0. The van der Waals surface area contributed by atoms with Crippen molar-refractivity contribution in [2.75, 3.05) is 13.6 Å². The van der Waals surface area contributed by atoms with Crippen molar-refractivity contribution in [2.45, 2.75) is 50.6 Å². The van der Waals surface area contributed by atoms with Crippen molar-refractivity contribution >= 4 is 17.9 Å². The minimum absolute atomic E-state index is 0.00189. The lowest BCUT2D eigenvalue weighted by molar-refractivity contribution is -0.142. The van der Waals surface area contributed by atoms with Gasteiger partial charge in [-0.15, -0.1) is 0 Å². The summed E-state index contributed by atoms with van der Waals surface area (Å²) in [7, 11) is 1.59. The number of rotatable bonds is 5. The summed E-state index contributed by atoms with van der Waals surface area (Å²) in [6.45, 7) is 0.0484. The Kier molecular flexibility index (Phi) is 5.03. The van der Waals surface area contributed by atoms with Crippen molar-refractivity contribution in [3.05, 3.63) is 0 Å². The van der Waals surface area contributed by atoms with Gasteiger partial charge in [-0.05, 0) is 38.5 Å². The van der Waals surface area contributed by atoms with E-state index in [0.29, 0.717) is 31.7 Å². The number of carboxylic acid groups (broad SMARTS) is 1. The molecular formula is C14H23N3O4. The molecule has 2 aliphatic carbocycles. The third-order valence-corrected chi connectivity index (χ3v) is 4.07. The highest BCUT2D eigenvalue weighted by Crippen LogP contribution is 2.24. The molecule has 0 aromatic carbocycles. The zero-order valence-corrected chi connectivity index (χ0v) is 12.3. The second kappa shape index (κ2) is 6.78. The summed E-state index contributed by atoms with van der Waals surface area (Å²) in [6.07, 6.45) is 4.57. The Morgan fingerprint density at radius 3 is 2.05 bits per heavy atom. The van der Waals surface area contributed by atoms with Gasteiger partial charge in [0, 0.05) is 19.1 Å². The first-order valence-corrected chi connectivity index (χ1v) is 7.49. The van der Waals surface area contributed by atoms with Crippen molar-refractivity contribution in [1.29, 1.82) is 0 Å². The highest BCUT2D eigenvalue weighted by atomic mass is 16.4. The molecule has 7 heteroatoms. The van der Waals surface area contributed by atoms with Crippen LogP contribution in [0.15, 0.2) is 0 Å². The van der Waals surface area contributed by atoms with E-state index in [-0.39, 0.29) is 30.4 Å². The predicted molar refractivity (Wildman–Crippen MR) is 75.7 cm³/mol. The number of carbonyl (C=O) groups is 3. The Balaban J connectivity index is 1.68. The monoisotopic (exact) mass is 297 g/mol. The van der Waals surface area contributed by atoms with E-state index in [1.807, 2.05) is 0 Å². The molecule has 0 unspecified atom stereocenters. The molecule has 3 amide bonds. The first kappa shape index (κ1) is 15.6. The zero-order chi connectivity index (χ0) is 15.4. The highest BCUT2D eigenvalue weighted by molar-refractivity contribution is 5.84. The van der Waals surface area contributed by atoms with Crippen LogP contribution in [0, 0.1) is 5.92 Å². The number of hydrogen-bond donors (Lipinski definition) is 3. The minimum atomic E-state index is -0.756. The molecule has 0 radical (unpaired) electrons. The SMILES string of the molecule is CN(CC(=O)NC1CC1)C(=O)NC1CCC(C(=O)O)CC1. The number of hydrogen-bond acceptors (Lipinski definition) is 3. The van der Waals surface area contributed by atoms with Crippen LogP contribution in [0.1, 0.15) is 38.5 Å². The van der Waals surface area contributed by atoms with Crippen LogP contribution in [0.2, 0.25) is 0 Å². The van der Waals surface area contributed by atoms with E-state index in [1.165, 1.54) is 4.90 Å². The molecule has 0 aromatic rings. The van der Waals surface area contributed by atoms with Gasteiger partial charge in [-0.2, -0.15) is 0 Å². The fourth-order valence-corrected chi connectivity index (χ4v) is 2.56. The molecule has 0 atom stereocenters. The minimum Gasteiger partial charge on any atom is -0.481 e. The molecule has 0 heterocycles. The number of carboxylic acids is 1. The first-order valence-electron chi connectivity index (χ1n) is 7.49. The Hall–Kier alpha value is -1.79. The van der Waals surface area contributed by atoms with E-state index in [9.17, 15) is 14.4 Å². The van der Waals surface area contributed by atoms with Crippen LogP contribution < -0.4 is 10.6 Å². The van der Waals surface area contributed by atoms with Crippen LogP contribution in [0.25, 0.3) is 0 Å². The van der Waals surface area contributed by atoms with Crippen LogP contribution >= 0.6 is 0 Å². The van der Waals surface area contributed by atoms with Crippen molar-refractivity contribution in [3.8, 4) is 0 Å². The fraction of sp³-hybridized carbons (Fsp3) is 0.786. The third kappa shape index (κ3) is 4.91. The fourth-order valence-electron chi connectivity index (χ4n) is 2.56. The second-order valence-corrected chi connectivity index (χ2v) is 6.03. The Bertz CT molecular complexity index is 414. The van der Waals surface area contributed by atoms with Crippen molar-refractivity contribution < 1.29 is 19.5 Å². The van der Waals surface area contributed by atoms with E-state index in [1.54, 1.807) is 7.05 Å². The number of urea groups is 1. The third-order valence-electron chi connectivity index (χ3n) is 4.07. The number of nitrogens with zero attached hydrogens (tertiary/aromatic N) is 1. The van der Waals surface area contributed by atoms with Gasteiger partial charge in [0.05, 0.1) is 5.92 Å². The van der Waals surface area contributed by atoms with Gasteiger partial charge in [0.1, 0.15) is 6.54 Å². The lowest BCUT2D eigenvalue weighted by Crippen LogP contribution is -2.48. The van der Waals surface area contributed by atoms with Gasteiger partial charge in [-0.1, -0.05) is 0 Å². The van der Waals surface area contributed by atoms with Gasteiger partial charge in [0.25, 0.3) is 0 Å². The smallest absolute Gasteiger partial charge is 0.317 e. The predicted octanol–water partition coefficient (Wildman–Crippen LogP) is 0.550. The molecule has 21 heavy (non-hydrogen) atoms. The number of amides is 3. The number of carbonyl (C=O) groups excluding carboxylic acids is 2. The topological polar surface area (TPSA) is 98.7 Å². The van der Waals surface area contributed by atoms with Crippen LogP contribution in [0.4, 0.5) is 4.79 Å². The maximum Gasteiger partial charge on any atom is 0.317 e. The normalized spacial score (nSPS) is 25.0. The highest BCUT2D eigenvalue weighted by Gasteiger charge is 2.28. The molecule has 7 nitrogen and oxygen atoms in total. The molecule has 0 bridgehead atoms. The number of nitrogens with one attached hydrogen (secondary N) is 2. The Morgan fingerprint density at radius 1 is 1.00 bits per heavy atom. The molecule has 2 aliphatic rings. The summed E-state index contributed by atoms with van der Waals surface area (Å²) < 4.78 is 0. The van der Waals surface area contributed by atoms with E-state index in [2.05, 4.69) is 10.6 Å². The quantitative estimate of drug-likeness (QED) is 0.690. The molecule has 0 aromatic heterocycles. The summed E-state index contributed by atoms with van der Waals surface area (Å²) in [5, 5.41) is 14.6. The van der Waals surface area contributed by atoms with Crippen molar-refractivity contribution in [2.24, 2.45) is 5.92 Å². The molecule has 0 spiro atoms. The number of likely N-dealkylation sites (N-methyl/N-ethyl adjacent to an activating group) is 1. The van der Waals surface area contributed by atoms with Gasteiger partial charge >= 0.3 is 12.0 Å². The molecule has 118 valence electrons. The summed E-state index contributed by atoms with van der Waals surface area (Å²) >= 11 is 0. The van der Waals surface area contributed by atoms with Crippen LogP contribution in [0.3, 0.4) is 0 Å². The molecule has 2 fully saturated rings. The van der Waals surface area contributed by atoms with Gasteiger partial charge < -0.3 is 20.6 Å². The van der Waals surface area contributed by atoms with Gasteiger partial charge in [0.15, 0.2) is 0 Å². The standard InChI is InChI=1S/C14H23N3O4/c1-17(8-12(18)15-10-6-7-10)14(21)16-11-4-2-9(3-5-11)13(19)20/h9-11H,2-8H2,1H3,(H,15,18)(H,16,21)(H,19,20). The van der Waals surface area contributed by atoms with Gasteiger partial charge in [-0.3, -0.25) is 9.59 Å². The van der Waals surface area contributed by atoms with Crippen LogP contribution in [0.5, 0.6) is 0 Å². The molecule has 2 rings (SSSR count). The van der Waals surface area contributed by atoms with E-state index < -0.39 is 5.97 Å². The summed E-state index contributed by atoms with van der Waals surface area (Å²) in [5.74, 6) is -1.18. The average molecular weight is 297 g/mol. The van der Waals surface area contributed by atoms with Crippen LogP contribution in [-0.4, -0.2) is 53.6 Å². The average Bonchev–Trinajstić information content (AvgIpc) is 3.22. The van der Waals surface area contributed by atoms with Crippen molar-refractivity contribution in [3.63, 3.8) is 0 Å². The molecule has 2 saturated carbocycles. The molecule has 0 saturated heterocycles. The van der Waals surface area contributed by atoms with E-state index in [0.717, 1.165) is 12.8 Å². The zero-order valence-electron chi connectivity index (χ0n) is 12.3. The first-order chi connectivity index (χ1) is 9.95. The van der Waals surface area contributed by atoms with Gasteiger partial charge in [0.2, 0.25) is 5.91 Å². The largest absolute Gasteiger partial charge is 0.481 e. The molecular weight excluding hydrogens is 274 g/mol. The maximum absolute atomic E-state index is 12.0. The second-order valence-electron chi connectivity index (χ2n) is 6.03. The van der Waals surface area contributed by atoms with Gasteiger partial charge in [-0.25, -0.2) is 4.79 Å². The lowest BCUT2D eigenvalue weighted by atomic mass is 9.86. The lowest BCUT2D eigenvalue weighted by Gasteiger charge is -2.28. The molecule has 3 N–H and O–H groups in total. The molecule has 0 aliphatic heterocycles. The van der Waals surface area contributed by atoms with E-state index in [4.69, 9.17) is 5.11 Å². The maximum atomic E-state index is 12.0. The van der Waals surface area contributed by atoms with Crippen molar-refractivity contribution in [1.82, 2.24) is 15.5 Å². The Labute approximate surface area is 124 Å². The Morgan fingerprint density at radius 2 is 1.52 bits per heavy atom. The van der Waals surface area contributed by atoms with E-state index >= 15 is 0 Å². The summed E-state index contributed by atoms with van der Waals surface area (Å²) in [4.78, 5) is 35.8. The number of aliphatic carboxylic acids is 1.